The smallest absolute Gasteiger partial charge is 0.357 e. The summed E-state index contributed by atoms with van der Waals surface area (Å²) < 4.78 is 27.6. The van der Waals surface area contributed by atoms with Crippen LogP contribution in [0.1, 0.15) is 27.2 Å². The molecule has 0 radical (unpaired) electrons. The van der Waals surface area contributed by atoms with Gasteiger partial charge in [0.15, 0.2) is 11.3 Å². The predicted octanol–water partition coefficient (Wildman–Crippen LogP) is 3.05. The Bertz CT molecular complexity index is 1110. The lowest BCUT2D eigenvalue weighted by atomic mass is 10.1. The molecule has 2 heterocycles. The number of carboxylic acid groups (broad SMARTS) is 1. The zero-order valence-corrected chi connectivity index (χ0v) is 16.0. The van der Waals surface area contributed by atoms with Gasteiger partial charge >= 0.3 is 5.97 Å². The largest absolute Gasteiger partial charge is 0.476 e. The topological polar surface area (TPSA) is 102 Å². The Kier molecular flexibility index (Phi) is 4.16. The van der Waals surface area contributed by atoms with E-state index in [0.717, 1.165) is 5.56 Å². The van der Waals surface area contributed by atoms with Gasteiger partial charge in [-0.05, 0) is 53.9 Å². The number of aromatic carboxylic acids is 1. The zero-order valence-electron chi connectivity index (χ0n) is 13.6. The highest BCUT2D eigenvalue weighted by atomic mass is 79.9. The summed E-state index contributed by atoms with van der Waals surface area (Å²) in [5.41, 5.74) is 1.67. The van der Waals surface area contributed by atoms with Crippen molar-refractivity contribution >= 4 is 43.0 Å². The van der Waals surface area contributed by atoms with E-state index in [-0.39, 0.29) is 21.6 Å². The number of carbonyl (C=O) groups is 1. The van der Waals surface area contributed by atoms with Crippen LogP contribution in [-0.2, 0) is 10.0 Å². The van der Waals surface area contributed by atoms with Crippen molar-refractivity contribution < 1.29 is 18.3 Å². The number of pyridine rings is 1. The van der Waals surface area contributed by atoms with Gasteiger partial charge < -0.3 is 5.11 Å². The highest BCUT2D eigenvalue weighted by Gasteiger charge is 2.29. The summed E-state index contributed by atoms with van der Waals surface area (Å²) in [6, 6.07) is 5.00. The molecule has 7 nitrogen and oxygen atoms in total. The minimum absolute atomic E-state index is 0.0278. The first-order valence-electron chi connectivity index (χ1n) is 7.24. The third kappa shape index (κ3) is 2.83. The number of aromatic nitrogens is 3. The van der Waals surface area contributed by atoms with Gasteiger partial charge in [0.2, 0.25) is 0 Å². The second-order valence-corrected chi connectivity index (χ2v) is 8.37. The quantitative estimate of drug-likeness (QED) is 0.694. The number of rotatable bonds is 3. The SMILES string of the molecule is Cc1cc(C)c(S(=O)(=O)n2nc(C(=O)O)c3cc(Br)cnc32)c(C)c1. The second kappa shape index (κ2) is 5.92. The van der Waals surface area contributed by atoms with Gasteiger partial charge in [-0.2, -0.15) is 8.42 Å². The van der Waals surface area contributed by atoms with Crippen LogP contribution in [-0.4, -0.2) is 33.7 Å². The van der Waals surface area contributed by atoms with Gasteiger partial charge in [0.25, 0.3) is 10.0 Å². The summed E-state index contributed by atoms with van der Waals surface area (Å²) in [6.07, 6.45) is 1.40. The lowest BCUT2D eigenvalue weighted by Crippen LogP contribution is -2.18. The molecule has 3 rings (SSSR count). The Morgan fingerprint density at radius 1 is 1.16 bits per heavy atom. The lowest BCUT2D eigenvalue weighted by molar-refractivity contribution is 0.0692. The third-order valence-electron chi connectivity index (χ3n) is 3.75. The molecule has 0 saturated carbocycles. The number of hydrogen-bond donors (Lipinski definition) is 1. The van der Waals surface area contributed by atoms with Crippen LogP contribution < -0.4 is 0 Å². The summed E-state index contributed by atoms with van der Waals surface area (Å²) >= 11 is 3.21. The van der Waals surface area contributed by atoms with E-state index in [0.29, 0.717) is 19.7 Å². The maximum atomic E-state index is 13.2. The lowest BCUT2D eigenvalue weighted by Gasteiger charge is -2.12. The summed E-state index contributed by atoms with van der Waals surface area (Å²) in [7, 11) is -4.10. The second-order valence-electron chi connectivity index (χ2n) is 5.75. The summed E-state index contributed by atoms with van der Waals surface area (Å²) in [5, 5.41) is 13.3. The zero-order chi connectivity index (χ0) is 18.5. The Balaban J connectivity index is 2.39. The first kappa shape index (κ1) is 17.6. The molecule has 9 heteroatoms. The molecule has 0 unspecified atom stereocenters. The first-order valence-corrected chi connectivity index (χ1v) is 9.47. The molecule has 0 atom stereocenters. The van der Waals surface area contributed by atoms with Crippen molar-refractivity contribution in [2.24, 2.45) is 0 Å². The highest BCUT2D eigenvalue weighted by molar-refractivity contribution is 9.10. The molecule has 0 amide bonds. The summed E-state index contributed by atoms with van der Waals surface area (Å²) in [6.45, 7) is 5.27. The van der Waals surface area contributed by atoms with E-state index in [9.17, 15) is 18.3 Å². The van der Waals surface area contributed by atoms with E-state index in [1.807, 2.05) is 6.92 Å². The van der Waals surface area contributed by atoms with E-state index in [4.69, 9.17) is 0 Å². The molecule has 0 aliphatic carbocycles. The van der Waals surface area contributed by atoms with Crippen molar-refractivity contribution in [1.29, 1.82) is 0 Å². The van der Waals surface area contributed by atoms with Gasteiger partial charge in [0, 0.05) is 10.7 Å². The molecule has 2 aromatic heterocycles. The van der Waals surface area contributed by atoms with E-state index < -0.39 is 16.0 Å². The first-order chi connectivity index (χ1) is 11.6. The molecule has 1 N–H and O–H groups in total. The minimum Gasteiger partial charge on any atom is -0.476 e. The third-order valence-corrected chi connectivity index (χ3v) is 6.06. The molecule has 0 spiro atoms. The van der Waals surface area contributed by atoms with Gasteiger partial charge in [0.05, 0.1) is 10.3 Å². The number of benzene rings is 1. The number of nitrogens with zero attached hydrogens (tertiary/aromatic N) is 3. The summed E-state index contributed by atoms with van der Waals surface area (Å²) in [5.74, 6) is -1.32. The number of carboxylic acids is 1. The van der Waals surface area contributed by atoms with Crippen LogP contribution in [0, 0.1) is 20.8 Å². The molecule has 3 aromatic rings. The van der Waals surface area contributed by atoms with E-state index >= 15 is 0 Å². The summed E-state index contributed by atoms with van der Waals surface area (Å²) in [4.78, 5) is 15.6. The fraction of sp³-hybridized carbons (Fsp3) is 0.188. The normalized spacial score (nSPS) is 11.8. The van der Waals surface area contributed by atoms with Crippen LogP contribution in [0.2, 0.25) is 0 Å². The molecule has 25 heavy (non-hydrogen) atoms. The molecule has 0 fully saturated rings. The van der Waals surface area contributed by atoms with Crippen LogP contribution in [0.4, 0.5) is 0 Å². The van der Waals surface area contributed by atoms with Gasteiger partial charge in [-0.25, -0.2) is 9.78 Å². The van der Waals surface area contributed by atoms with Crippen LogP contribution in [0.3, 0.4) is 0 Å². The molecule has 0 aliphatic heterocycles. The average molecular weight is 424 g/mol. The molecule has 0 saturated heterocycles. The highest BCUT2D eigenvalue weighted by Crippen LogP contribution is 2.28. The molecule has 0 bridgehead atoms. The van der Waals surface area contributed by atoms with E-state index in [1.54, 1.807) is 26.0 Å². The number of hydrogen-bond acceptors (Lipinski definition) is 5. The predicted molar refractivity (Wildman–Crippen MR) is 95.4 cm³/mol. The molecule has 130 valence electrons. The fourth-order valence-corrected chi connectivity index (χ4v) is 4.93. The van der Waals surface area contributed by atoms with E-state index in [2.05, 4.69) is 26.0 Å². The van der Waals surface area contributed by atoms with Crippen molar-refractivity contribution in [1.82, 2.24) is 14.2 Å². The maximum absolute atomic E-state index is 13.2. The standard InChI is InChI=1S/C16H14BrN3O4S/c1-8-4-9(2)14(10(3)5-8)25(23,24)20-15-12(6-11(17)7-18-15)13(19-20)16(21)22/h4-7H,1-3H3,(H,21,22). The van der Waals surface area contributed by atoms with Gasteiger partial charge in [0.1, 0.15) is 0 Å². The number of fused-ring (bicyclic) bond motifs is 1. The number of halogens is 1. The molecular formula is C16H14BrN3O4S. The van der Waals surface area contributed by atoms with Crippen molar-refractivity contribution in [2.75, 3.05) is 0 Å². The van der Waals surface area contributed by atoms with Crippen molar-refractivity contribution in [3.05, 3.63) is 51.3 Å². The van der Waals surface area contributed by atoms with Crippen LogP contribution in [0.5, 0.6) is 0 Å². The Labute approximate surface area is 152 Å². The van der Waals surface area contributed by atoms with Gasteiger partial charge in [-0.15, -0.1) is 9.19 Å². The molecular weight excluding hydrogens is 410 g/mol. The fourth-order valence-electron chi connectivity index (χ4n) is 2.94. The van der Waals surface area contributed by atoms with Crippen molar-refractivity contribution in [2.45, 2.75) is 25.7 Å². The molecule has 0 aliphatic rings. The number of aryl methyl sites for hydroxylation is 3. The maximum Gasteiger partial charge on any atom is 0.357 e. The van der Waals surface area contributed by atoms with Crippen LogP contribution >= 0.6 is 15.9 Å². The van der Waals surface area contributed by atoms with Crippen LogP contribution in [0.25, 0.3) is 11.0 Å². The van der Waals surface area contributed by atoms with Gasteiger partial charge in [-0.1, -0.05) is 17.7 Å². The monoisotopic (exact) mass is 423 g/mol. The Hall–Kier alpha value is -2.26. The van der Waals surface area contributed by atoms with E-state index in [1.165, 1.54) is 12.3 Å². The average Bonchev–Trinajstić information content (AvgIpc) is 2.85. The van der Waals surface area contributed by atoms with Crippen LogP contribution in [0.15, 0.2) is 33.8 Å². The van der Waals surface area contributed by atoms with Crippen molar-refractivity contribution in [3.63, 3.8) is 0 Å². The Morgan fingerprint density at radius 3 is 2.32 bits per heavy atom. The van der Waals surface area contributed by atoms with Gasteiger partial charge in [-0.3, -0.25) is 0 Å². The van der Waals surface area contributed by atoms with Crippen molar-refractivity contribution in [3.8, 4) is 0 Å². The molecule has 1 aromatic carbocycles. The minimum atomic E-state index is -4.10. The Morgan fingerprint density at radius 2 is 1.76 bits per heavy atom.